The number of amides is 1. The molecular weight excluding hydrogens is 372 g/mol. The predicted molar refractivity (Wildman–Crippen MR) is 112 cm³/mol. The fourth-order valence-electron chi connectivity index (χ4n) is 3.24. The number of nitrogens with two attached hydrogens (primary N) is 2. The van der Waals surface area contributed by atoms with E-state index in [0.717, 1.165) is 19.3 Å². The van der Waals surface area contributed by atoms with Gasteiger partial charge in [-0.2, -0.15) is 0 Å². The van der Waals surface area contributed by atoms with Gasteiger partial charge in [-0.15, -0.1) is 0 Å². The van der Waals surface area contributed by atoms with Crippen molar-refractivity contribution in [2.45, 2.75) is 58.5 Å². The van der Waals surface area contributed by atoms with Crippen molar-refractivity contribution in [2.75, 3.05) is 27.2 Å². The molecule has 9 nitrogen and oxygen atoms in total. The van der Waals surface area contributed by atoms with Gasteiger partial charge in [-0.25, -0.2) is 20.6 Å². The fourth-order valence-corrected chi connectivity index (χ4v) is 3.24. The molecule has 1 aliphatic carbocycles. The van der Waals surface area contributed by atoms with E-state index in [-0.39, 0.29) is 12.7 Å². The number of hydrogen-bond donors (Lipinski definition) is 2. The molecule has 4 N–H and O–H groups in total. The molecule has 1 aliphatic rings. The van der Waals surface area contributed by atoms with Gasteiger partial charge >= 0.3 is 6.09 Å². The molecule has 0 aromatic carbocycles. The quantitative estimate of drug-likeness (QED) is 0.499. The molecule has 162 valence electrons. The monoisotopic (exact) mass is 406 g/mol. The van der Waals surface area contributed by atoms with Gasteiger partial charge in [-0.1, -0.05) is 13.3 Å². The van der Waals surface area contributed by atoms with Crippen LogP contribution < -0.4 is 16.3 Å². The first-order valence-corrected chi connectivity index (χ1v) is 10.2. The number of likely N-dealkylation sites (N-methyl/N-ethyl adjacent to an activating group) is 1. The number of carbonyl (C=O) groups is 1. The normalized spacial score (nSPS) is 15.5. The van der Waals surface area contributed by atoms with Crippen LogP contribution in [0.2, 0.25) is 0 Å². The first-order valence-electron chi connectivity index (χ1n) is 10.2. The van der Waals surface area contributed by atoms with Crippen molar-refractivity contribution in [3.63, 3.8) is 0 Å². The molecule has 1 aromatic heterocycles. The lowest BCUT2D eigenvalue weighted by Gasteiger charge is -2.23. The number of aromatic nitrogens is 2. The van der Waals surface area contributed by atoms with Crippen molar-refractivity contribution in [2.24, 2.45) is 11.6 Å². The number of aryl methyl sites for hydroxylation is 1. The summed E-state index contributed by atoms with van der Waals surface area (Å²) in [5.41, 5.74) is 8.15. The molecule has 0 bridgehead atoms. The highest BCUT2D eigenvalue weighted by atomic mass is 16.6. The molecule has 1 saturated carbocycles. The number of hydrogen-bond acceptors (Lipinski definition) is 8. The SMILES string of the molecule is CCCN(C)C(=O)OC/C(=C(/N)c1cnc(OC2CCCCC2)c(C)n1)N(C)N. The molecular formula is C20H34N6O3. The Morgan fingerprint density at radius 1 is 1.28 bits per heavy atom. The van der Waals surface area contributed by atoms with E-state index in [1.54, 1.807) is 20.3 Å². The van der Waals surface area contributed by atoms with Gasteiger partial charge in [-0.3, -0.25) is 0 Å². The Morgan fingerprint density at radius 2 is 1.97 bits per heavy atom. The van der Waals surface area contributed by atoms with Crippen LogP contribution >= 0.6 is 0 Å². The summed E-state index contributed by atoms with van der Waals surface area (Å²) in [6.45, 7) is 4.38. The standard InChI is InChI=1S/C20H34N6O3/c1-5-11-25(3)20(27)28-13-17(26(4)22)18(21)16-12-23-19(14(2)24-16)29-15-9-7-6-8-10-15/h12,15H,5-11,13,21-22H2,1-4H3/b18-17-. The minimum absolute atomic E-state index is 0.0627. The first kappa shape index (κ1) is 22.7. The minimum Gasteiger partial charge on any atom is -0.473 e. The van der Waals surface area contributed by atoms with Crippen LogP contribution in [0.1, 0.15) is 56.8 Å². The predicted octanol–water partition coefficient (Wildman–Crippen LogP) is 2.41. The molecule has 0 radical (unpaired) electrons. The molecule has 1 fully saturated rings. The average Bonchev–Trinajstić information content (AvgIpc) is 2.70. The van der Waals surface area contributed by atoms with Crippen molar-refractivity contribution in [1.82, 2.24) is 19.9 Å². The highest BCUT2D eigenvalue weighted by Crippen LogP contribution is 2.24. The van der Waals surface area contributed by atoms with Crippen molar-refractivity contribution < 1.29 is 14.3 Å². The van der Waals surface area contributed by atoms with Crippen LogP contribution in [0.3, 0.4) is 0 Å². The Morgan fingerprint density at radius 3 is 2.55 bits per heavy atom. The topological polar surface area (TPSA) is 120 Å². The van der Waals surface area contributed by atoms with Crippen LogP contribution in [0.5, 0.6) is 5.88 Å². The van der Waals surface area contributed by atoms with Crippen LogP contribution in [0.15, 0.2) is 11.9 Å². The maximum Gasteiger partial charge on any atom is 0.409 e. The van der Waals surface area contributed by atoms with Gasteiger partial charge in [0.25, 0.3) is 0 Å². The molecule has 1 heterocycles. The summed E-state index contributed by atoms with van der Waals surface area (Å²) in [5.74, 6) is 6.44. The Labute approximate surface area is 173 Å². The van der Waals surface area contributed by atoms with E-state index in [4.69, 9.17) is 21.1 Å². The van der Waals surface area contributed by atoms with Crippen LogP contribution in [-0.4, -0.2) is 59.3 Å². The van der Waals surface area contributed by atoms with Crippen LogP contribution in [0, 0.1) is 6.92 Å². The van der Waals surface area contributed by atoms with E-state index < -0.39 is 6.09 Å². The van der Waals surface area contributed by atoms with Gasteiger partial charge in [0.1, 0.15) is 24.1 Å². The maximum atomic E-state index is 12.0. The van der Waals surface area contributed by atoms with Gasteiger partial charge in [0.05, 0.1) is 17.6 Å². The Kier molecular flexibility index (Phi) is 8.50. The second-order valence-electron chi connectivity index (χ2n) is 7.47. The second-order valence-corrected chi connectivity index (χ2v) is 7.47. The fraction of sp³-hybridized carbons (Fsp3) is 0.650. The molecule has 9 heteroatoms. The van der Waals surface area contributed by atoms with E-state index in [9.17, 15) is 4.79 Å². The molecule has 0 saturated heterocycles. The van der Waals surface area contributed by atoms with E-state index in [1.165, 1.54) is 29.2 Å². The smallest absolute Gasteiger partial charge is 0.409 e. The summed E-state index contributed by atoms with van der Waals surface area (Å²) in [7, 11) is 3.32. The number of nitrogens with zero attached hydrogens (tertiary/aromatic N) is 4. The van der Waals surface area contributed by atoms with Crippen molar-refractivity contribution >= 4 is 11.8 Å². The third-order valence-corrected chi connectivity index (χ3v) is 4.95. The van der Waals surface area contributed by atoms with Gasteiger partial charge < -0.3 is 25.1 Å². The second kappa shape index (κ2) is 10.8. The molecule has 0 aliphatic heterocycles. The maximum absolute atomic E-state index is 12.0. The number of rotatable bonds is 8. The molecule has 1 amide bonds. The lowest BCUT2D eigenvalue weighted by Crippen LogP contribution is -2.34. The highest BCUT2D eigenvalue weighted by molar-refractivity contribution is 5.68. The summed E-state index contributed by atoms with van der Waals surface area (Å²) in [5, 5.41) is 1.33. The van der Waals surface area contributed by atoms with Gasteiger partial charge in [0.15, 0.2) is 0 Å². The lowest BCUT2D eigenvalue weighted by atomic mass is 9.98. The Hall–Kier alpha value is -2.55. The third-order valence-electron chi connectivity index (χ3n) is 4.95. The van der Waals surface area contributed by atoms with Gasteiger partial charge in [-0.05, 0) is 39.0 Å². The average molecular weight is 407 g/mol. The first-order chi connectivity index (χ1) is 13.8. The van der Waals surface area contributed by atoms with Crippen LogP contribution in [0.4, 0.5) is 4.79 Å². The number of carbonyl (C=O) groups excluding carboxylic acids is 1. The van der Waals surface area contributed by atoms with Gasteiger partial charge in [0, 0.05) is 20.6 Å². The van der Waals surface area contributed by atoms with Crippen molar-refractivity contribution in [3.05, 3.63) is 23.3 Å². The van der Waals surface area contributed by atoms with E-state index in [1.807, 2.05) is 13.8 Å². The van der Waals surface area contributed by atoms with E-state index >= 15 is 0 Å². The third kappa shape index (κ3) is 6.49. The molecule has 0 spiro atoms. The zero-order valence-electron chi connectivity index (χ0n) is 18.0. The number of ether oxygens (including phenoxy) is 2. The largest absolute Gasteiger partial charge is 0.473 e. The van der Waals surface area contributed by atoms with Crippen LogP contribution in [-0.2, 0) is 4.74 Å². The summed E-state index contributed by atoms with van der Waals surface area (Å²) < 4.78 is 11.3. The highest BCUT2D eigenvalue weighted by Gasteiger charge is 2.19. The number of hydrazine groups is 1. The van der Waals surface area contributed by atoms with Gasteiger partial charge in [0.2, 0.25) is 5.88 Å². The van der Waals surface area contributed by atoms with Crippen molar-refractivity contribution in [3.8, 4) is 5.88 Å². The summed E-state index contributed by atoms with van der Waals surface area (Å²) >= 11 is 0. The molecule has 0 atom stereocenters. The van der Waals surface area contributed by atoms with Crippen molar-refractivity contribution in [1.29, 1.82) is 0 Å². The zero-order valence-corrected chi connectivity index (χ0v) is 18.0. The van der Waals surface area contributed by atoms with Crippen LogP contribution in [0.25, 0.3) is 5.70 Å². The summed E-state index contributed by atoms with van der Waals surface area (Å²) in [6, 6.07) is 0. The summed E-state index contributed by atoms with van der Waals surface area (Å²) in [4.78, 5) is 22.5. The lowest BCUT2D eigenvalue weighted by molar-refractivity contribution is 0.113. The molecule has 2 rings (SSSR count). The Balaban J connectivity index is 2.12. The molecule has 29 heavy (non-hydrogen) atoms. The summed E-state index contributed by atoms with van der Waals surface area (Å²) in [6.07, 6.45) is 7.89. The van der Waals surface area contributed by atoms with E-state index in [0.29, 0.717) is 35.2 Å². The van der Waals surface area contributed by atoms with E-state index in [2.05, 4.69) is 9.97 Å². The Bertz CT molecular complexity index is 716. The zero-order chi connectivity index (χ0) is 21.4. The molecule has 1 aromatic rings. The molecule has 0 unspecified atom stereocenters. The minimum atomic E-state index is -0.433.